The van der Waals surface area contributed by atoms with Crippen LogP contribution in [0.25, 0.3) is 6.08 Å². The number of ketones is 1. The smallest absolute Gasteiger partial charge is 0.353 e. The van der Waals surface area contributed by atoms with Gasteiger partial charge in [0.2, 0.25) is 0 Å². The molecule has 0 aliphatic carbocycles. The summed E-state index contributed by atoms with van der Waals surface area (Å²) >= 11 is 8.79. The van der Waals surface area contributed by atoms with Crippen molar-refractivity contribution in [3.8, 4) is 5.75 Å². The first-order valence-electron chi connectivity index (χ1n) is 6.94. The van der Waals surface area contributed by atoms with Crippen LogP contribution in [-0.2, 0) is 0 Å². The molecule has 0 fully saturated rings. The Hall–Kier alpha value is -2.21. The highest BCUT2D eigenvalue weighted by Gasteiger charge is 2.16. The van der Waals surface area contributed by atoms with Crippen LogP contribution >= 0.6 is 34.3 Å². The summed E-state index contributed by atoms with van der Waals surface area (Å²) in [6.45, 7) is 0. The number of hydrogen-bond donors (Lipinski definition) is 0. The van der Waals surface area contributed by atoms with E-state index in [0.717, 1.165) is 4.88 Å². The molecule has 0 amide bonds. The van der Waals surface area contributed by atoms with E-state index in [9.17, 15) is 9.59 Å². The molecule has 0 aliphatic rings. The molecule has 0 N–H and O–H groups in total. The number of thiophene rings is 2. The molecule has 0 atom stereocenters. The topological polar surface area (TPSA) is 43.4 Å². The summed E-state index contributed by atoms with van der Waals surface area (Å²) in [5.41, 5.74) is 0.250. The van der Waals surface area contributed by atoms with Gasteiger partial charge >= 0.3 is 5.97 Å². The van der Waals surface area contributed by atoms with E-state index in [2.05, 4.69) is 0 Å². The van der Waals surface area contributed by atoms with Crippen molar-refractivity contribution in [3.05, 3.63) is 79.6 Å². The average Bonchev–Trinajstić information content (AvgIpc) is 3.27. The predicted octanol–water partition coefficient (Wildman–Crippen LogP) is 5.58. The average molecular weight is 375 g/mol. The maximum absolute atomic E-state index is 12.5. The first-order chi connectivity index (χ1) is 11.6. The van der Waals surface area contributed by atoms with Gasteiger partial charge in [-0.2, -0.15) is 0 Å². The lowest BCUT2D eigenvalue weighted by atomic mass is 10.1. The summed E-state index contributed by atoms with van der Waals surface area (Å²) in [5.74, 6) is -0.581. The van der Waals surface area contributed by atoms with Crippen LogP contribution in [0.1, 0.15) is 24.9 Å². The lowest BCUT2D eigenvalue weighted by Gasteiger charge is -2.08. The molecule has 0 unspecified atom stereocenters. The van der Waals surface area contributed by atoms with Gasteiger partial charge in [-0.1, -0.05) is 23.7 Å². The van der Waals surface area contributed by atoms with Crippen molar-refractivity contribution < 1.29 is 14.3 Å². The monoisotopic (exact) mass is 374 g/mol. The number of rotatable bonds is 5. The normalized spacial score (nSPS) is 10.9. The van der Waals surface area contributed by atoms with Crippen molar-refractivity contribution in [1.82, 2.24) is 0 Å². The van der Waals surface area contributed by atoms with E-state index in [4.69, 9.17) is 16.3 Å². The molecule has 1 aromatic carbocycles. The van der Waals surface area contributed by atoms with Crippen LogP contribution in [0.5, 0.6) is 5.75 Å². The van der Waals surface area contributed by atoms with Gasteiger partial charge in [0.1, 0.15) is 10.6 Å². The Morgan fingerprint density at radius 2 is 1.83 bits per heavy atom. The van der Waals surface area contributed by atoms with Crippen LogP contribution in [0.3, 0.4) is 0 Å². The van der Waals surface area contributed by atoms with Crippen LogP contribution in [0, 0.1) is 0 Å². The second-order valence-corrected chi connectivity index (χ2v) is 7.08. The minimum Gasteiger partial charge on any atom is -0.422 e. The Bertz CT molecular complexity index is 881. The molecule has 24 heavy (non-hydrogen) atoms. The van der Waals surface area contributed by atoms with E-state index in [0.29, 0.717) is 9.90 Å². The number of carbonyl (C=O) groups excluding carboxylic acids is 2. The van der Waals surface area contributed by atoms with Crippen LogP contribution in [0.2, 0.25) is 5.02 Å². The molecule has 2 aromatic heterocycles. The number of hydrogen-bond acceptors (Lipinski definition) is 5. The van der Waals surface area contributed by atoms with Crippen molar-refractivity contribution in [3.63, 3.8) is 0 Å². The predicted molar refractivity (Wildman–Crippen MR) is 98.4 cm³/mol. The minimum atomic E-state index is -0.497. The van der Waals surface area contributed by atoms with Gasteiger partial charge in [-0.15, -0.1) is 22.7 Å². The van der Waals surface area contributed by atoms with Gasteiger partial charge in [0, 0.05) is 9.90 Å². The highest BCUT2D eigenvalue weighted by molar-refractivity contribution is 7.12. The second-order valence-electron chi connectivity index (χ2n) is 4.72. The number of halogens is 1. The van der Waals surface area contributed by atoms with E-state index in [1.165, 1.54) is 40.9 Å². The van der Waals surface area contributed by atoms with Crippen LogP contribution in [0.4, 0.5) is 0 Å². The SMILES string of the molecule is O=C(Oc1ccc(Cl)cc1C(=O)/C=C/c1cccs1)c1cccs1. The van der Waals surface area contributed by atoms with Crippen molar-refractivity contribution >= 4 is 52.1 Å². The summed E-state index contributed by atoms with van der Waals surface area (Å²) < 4.78 is 5.36. The summed E-state index contributed by atoms with van der Waals surface area (Å²) in [6.07, 6.45) is 3.17. The quantitative estimate of drug-likeness (QED) is 0.253. The van der Waals surface area contributed by atoms with E-state index < -0.39 is 5.97 Å². The Kier molecular flexibility index (Phi) is 5.25. The molecule has 6 heteroatoms. The maximum atomic E-state index is 12.5. The third-order valence-corrected chi connectivity index (χ3v) is 5.00. The molecule has 0 aliphatic heterocycles. The molecule has 0 radical (unpaired) electrons. The highest BCUT2D eigenvalue weighted by atomic mass is 35.5. The van der Waals surface area contributed by atoms with E-state index in [1.807, 2.05) is 17.5 Å². The zero-order valence-electron chi connectivity index (χ0n) is 12.3. The fraction of sp³-hybridized carbons (Fsp3) is 0. The zero-order valence-corrected chi connectivity index (χ0v) is 14.7. The molecule has 120 valence electrons. The molecule has 0 bridgehead atoms. The summed E-state index contributed by atoms with van der Waals surface area (Å²) in [6, 6.07) is 11.9. The third kappa shape index (κ3) is 4.00. The fourth-order valence-electron chi connectivity index (χ4n) is 1.96. The lowest BCUT2D eigenvalue weighted by Crippen LogP contribution is -2.09. The molecular weight excluding hydrogens is 364 g/mol. The zero-order chi connectivity index (χ0) is 16.9. The molecule has 0 saturated carbocycles. The van der Waals surface area contributed by atoms with E-state index in [-0.39, 0.29) is 17.1 Å². The van der Waals surface area contributed by atoms with Gasteiger partial charge in [0.15, 0.2) is 5.78 Å². The number of benzene rings is 1. The Morgan fingerprint density at radius 3 is 2.54 bits per heavy atom. The molecule has 3 nitrogen and oxygen atoms in total. The second kappa shape index (κ2) is 7.57. The molecular formula is C18H11ClO3S2. The van der Waals surface area contributed by atoms with Crippen LogP contribution in [-0.4, -0.2) is 11.8 Å². The number of esters is 1. The van der Waals surface area contributed by atoms with Crippen molar-refractivity contribution in [2.24, 2.45) is 0 Å². The summed E-state index contributed by atoms with van der Waals surface area (Å²) in [4.78, 5) is 26.0. The first kappa shape index (κ1) is 16.6. The molecule has 0 spiro atoms. The lowest BCUT2D eigenvalue weighted by molar-refractivity contribution is 0.0738. The van der Waals surface area contributed by atoms with Gasteiger partial charge in [-0.25, -0.2) is 4.79 Å². The largest absolute Gasteiger partial charge is 0.422 e. The Labute approximate surface area is 151 Å². The van der Waals surface area contributed by atoms with Gasteiger partial charge in [0.25, 0.3) is 0 Å². The van der Waals surface area contributed by atoms with Crippen molar-refractivity contribution in [2.45, 2.75) is 0 Å². The molecule has 3 aromatic rings. The van der Waals surface area contributed by atoms with Crippen molar-refractivity contribution in [1.29, 1.82) is 0 Å². The van der Waals surface area contributed by atoms with Crippen LogP contribution < -0.4 is 4.74 Å². The van der Waals surface area contributed by atoms with Crippen molar-refractivity contribution in [2.75, 3.05) is 0 Å². The molecule has 0 saturated heterocycles. The summed E-state index contributed by atoms with van der Waals surface area (Å²) in [5, 5.41) is 4.12. The number of carbonyl (C=O) groups is 2. The minimum absolute atomic E-state index is 0.193. The first-order valence-corrected chi connectivity index (χ1v) is 9.08. The Morgan fingerprint density at radius 1 is 1.04 bits per heavy atom. The fourth-order valence-corrected chi connectivity index (χ4v) is 3.35. The maximum Gasteiger partial charge on any atom is 0.353 e. The van der Waals surface area contributed by atoms with Crippen LogP contribution in [0.15, 0.2) is 59.3 Å². The highest BCUT2D eigenvalue weighted by Crippen LogP contribution is 2.26. The number of ether oxygens (including phenoxy) is 1. The van der Waals surface area contributed by atoms with Gasteiger partial charge in [-0.05, 0) is 53.2 Å². The molecule has 3 rings (SSSR count). The number of allylic oxidation sites excluding steroid dienone is 1. The standard InChI is InChI=1S/C18H11ClO3S2/c19-12-5-8-16(22-18(21)17-4-2-10-24-17)14(11-12)15(20)7-6-13-3-1-9-23-13/h1-11H/b7-6+. The van der Waals surface area contributed by atoms with Gasteiger partial charge < -0.3 is 4.74 Å². The van der Waals surface area contributed by atoms with Gasteiger partial charge in [-0.3, -0.25) is 4.79 Å². The third-order valence-electron chi connectivity index (χ3n) is 3.07. The summed E-state index contributed by atoms with van der Waals surface area (Å²) in [7, 11) is 0. The van der Waals surface area contributed by atoms with Gasteiger partial charge in [0.05, 0.1) is 5.56 Å². The van der Waals surface area contributed by atoms with E-state index >= 15 is 0 Å². The molecule has 2 heterocycles. The van der Waals surface area contributed by atoms with E-state index in [1.54, 1.807) is 29.7 Å². The Balaban J connectivity index is 1.85.